The van der Waals surface area contributed by atoms with Crippen LogP contribution in [0.3, 0.4) is 0 Å². The number of anilines is 1. The molecular formula is C16H23N3O2. The Bertz CT molecular complexity index is 480. The zero-order valence-corrected chi connectivity index (χ0v) is 12.3. The highest BCUT2D eigenvalue weighted by Gasteiger charge is 2.21. The molecule has 5 heteroatoms. The van der Waals surface area contributed by atoms with Gasteiger partial charge in [0.25, 0.3) is 5.91 Å². The molecule has 0 radical (unpaired) electrons. The fourth-order valence-corrected chi connectivity index (χ4v) is 2.98. The summed E-state index contributed by atoms with van der Waals surface area (Å²) in [6, 6.07) is 8.10. The number of ether oxygens (including phenoxy) is 1. The summed E-state index contributed by atoms with van der Waals surface area (Å²) in [5.74, 6) is 0.0331. The van der Waals surface area contributed by atoms with Gasteiger partial charge in [-0.3, -0.25) is 4.79 Å². The number of morpholine rings is 1. The molecule has 1 atom stereocenters. The van der Waals surface area contributed by atoms with Crippen LogP contribution in [0.5, 0.6) is 0 Å². The van der Waals surface area contributed by atoms with E-state index >= 15 is 0 Å². The number of hydrogen-bond donors (Lipinski definition) is 2. The van der Waals surface area contributed by atoms with Crippen LogP contribution in [0, 0.1) is 0 Å². The van der Waals surface area contributed by atoms with E-state index in [1.165, 1.54) is 0 Å². The number of para-hydroxylation sites is 1. The monoisotopic (exact) mass is 289 g/mol. The number of carbonyl (C=O) groups excluding carboxylic acids is 1. The molecule has 2 fully saturated rings. The van der Waals surface area contributed by atoms with Crippen LogP contribution in [-0.2, 0) is 4.74 Å². The lowest BCUT2D eigenvalue weighted by Crippen LogP contribution is -2.46. The van der Waals surface area contributed by atoms with Crippen LogP contribution < -0.4 is 15.5 Å². The first-order chi connectivity index (χ1) is 10.3. The van der Waals surface area contributed by atoms with Crippen LogP contribution in [0.25, 0.3) is 0 Å². The van der Waals surface area contributed by atoms with E-state index in [0.29, 0.717) is 0 Å². The van der Waals surface area contributed by atoms with E-state index in [1.54, 1.807) is 0 Å². The Hall–Kier alpha value is -1.59. The lowest BCUT2D eigenvalue weighted by molar-refractivity contribution is 0.0929. The van der Waals surface area contributed by atoms with Gasteiger partial charge in [-0.1, -0.05) is 12.1 Å². The largest absolute Gasteiger partial charge is 0.378 e. The van der Waals surface area contributed by atoms with E-state index < -0.39 is 0 Å². The van der Waals surface area contributed by atoms with Crippen molar-refractivity contribution in [3.8, 4) is 0 Å². The van der Waals surface area contributed by atoms with Crippen LogP contribution in [0.15, 0.2) is 24.3 Å². The number of benzene rings is 1. The van der Waals surface area contributed by atoms with Crippen molar-refractivity contribution in [3.05, 3.63) is 29.8 Å². The van der Waals surface area contributed by atoms with E-state index in [0.717, 1.165) is 63.5 Å². The molecule has 1 aromatic rings. The van der Waals surface area contributed by atoms with Gasteiger partial charge in [-0.2, -0.15) is 0 Å². The van der Waals surface area contributed by atoms with Crippen LogP contribution >= 0.6 is 0 Å². The van der Waals surface area contributed by atoms with E-state index in [-0.39, 0.29) is 11.9 Å². The van der Waals surface area contributed by atoms with E-state index in [1.807, 2.05) is 24.3 Å². The Morgan fingerprint density at radius 1 is 1.29 bits per heavy atom. The minimum absolute atomic E-state index is 0.0331. The molecule has 2 aliphatic rings. The van der Waals surface area contributed by atoms with Crippen molar-refractivity contribution in [1.82, 2.24) is 10.6 Å². The number of carbonyl (C=O) groups is 1. The minimum Gasteiger partial charge on any atom is -0.378 e. The standard InChI is InChI=1S/C16H23N3O2/c20-16(18-13-4-3-7-17-12-13)14-5-1-2-6-15(14)19-8-10-21-11-9-19/h1-2,5-6,13,17H,3-4,7-12H2,(H,18,20)/t13-/m0/s1. The van der Waals surface area contributed by atoms with Crippen molar-refractivity contribution >= 4 is 11.6 Å². The number of amides is 1. The summed E-state index contributed by atoms with van der Waals surface area (Å²) in [6.07, 6.45) is 2.18. The minimum atomic E-state index is 0.0331. The molecule has 0 spiro atoms. The summed E-state index contributed by atoms with van der Waals surface area (Å²) < 4.78 is 5.39. The second-order valence-electron chi connectivity index (χ2n) is 5.63. The summed E-state index contributed by atoms with van der Waals surface area (Å²) in [5.41, 5.74) is 1.78. The van der Waals surface area contributed by atoms with Gasteiger partial charge in [0.05, 0.1) is 18.8 Å². The molecule has 1 aromatic carbocycles. The first-order valence-electron chi connectivity index (χ1n) is 7.78. The maximum Gasteiger partial charge on any atom is 0.253 e. The van der Waals surface area contributed by atoms with Crippen LogP contribution in [-0.4, -0.2) is 51.3 Å². The Morgan fingerprint density at radius 3 is 2.86 bits per heavy atom. The van der Waals surface area contributed by atoms with Gasteiger partial charge in [0.1, 0.15) is 0 Å². The molecule has 5 nitrogen and oxygen atoms in total. The fraction of sp³-hybridized carbons (Fsp3) is 0.562. The average molecular weight is 289 g/mol. The van der Waals surface area contributed by atoms with Crippen LogP contribution in [0.2, 0.25) is 0 Å². The highest BCUT2D eigenvalue weighted by atomic mass is 16.5. The molecule has 0 saturated carbocycles. The van der Waals surface area contributed by atoms with Gasteiger partial charge < -0.3 is 20.3 Å². The van der Waals surface area contributed by atoms with Crippen molar-refractivity contribution in [2.24, 2.45) is 0 Å². The molecule has 3 rings (SSSR count). The number of nitrogens with one attached hydrogen (secondary N) is 2. The third kappa shape index (κ3) is 3.54. The highest BCUT2D eigenvalue weighted by molar-refractivity contribution is 6.00. The van der Waals surface area contributed by atoms with Gasteiger partial charge in [-0.05, 0) is 31.5 Å². The summed E-state index contributed by atoms with van der Waals surface area (Å²) in [7, 11) is 0. The zero-order chi connectivity index (χ0) is 14.5. The van der Waals surface area contributed by atoms with E-state index in [9.17, 15) is 4.79 Å². The van der Waals surface area contributed by atoms with E-state index in [4.69, 9.17) is 4.74 Å². The highest BCUT2D eigenvalue weighted by Crippen LogP contribution is 2.21. The molecule has 2 aliphatic heterocycles. The molecule has 0 aromatic heterocycles. The Morgan fingerprint density at radius 2 is 2.10 bits per heavy atom. The van der Waals surface area contributed by atoms with Crippen molar-refractivity contribution in [1.29, 1.82) is 0 Å². The topological polar surface area (TPSA) is 53.6 Å². The van der Waals surface area contributed by atoms with Gasteiger partial charge in [-0.15, -0.1) is 0 Å². The Kier molecular flexibility index (Phi) is 4.72. The summed E-state index contributed by atoms with van der Waals surface area (Å²) in [4.78, 5) is 14.8. The molecule has 0 bridgehead atoms. The normalized spacial score (nSPS) is 22.9. The van der Waals surface area contributed by atoms with Gasteiger partial charge >= 0.3 is 0 Å². The number of nitrogens with zero attached hydrogens (tertiary/aromatic N) is 1. The zero-order valence-electron chi connectivity index (χ0n) is 12.3. The molecule has 2 saturated heterocycles. The van der Waals surface area contributed by atoms with Crippen molar-refractivity contribution in [3.63, 3.8) is 0 Å². The van der Waals surface area contributed by atoms with Crippen LogP contribution in [0.4, 0.5) is 5.69 Å². The van der Waals surface area contributed by atoms with Gasteiger partial charge in [0.2, 0.25) is 0 Å². The summed E-state index contributed by atoms with van der Waals surface area (Å²) >= 11 is 0. The van der Waals surface area contributed by atoms with Gasteiger partial charge in [-0.25, -0.2) is 0 Å². The lowest BCUT2D eigenvalue weighted by Gasteiger charge is -2.31. The Labute approximate surface area is 125 Å². The van der Waals surface area contributed by atoms with Crippen molar-refractivity contribution in [2.75, 3.05) is 44.3 Å². The number of piperidine rings is 1. The third-order valence-electron chi connectivity index (χ3n) is 4.13. The molecule has 2 heterocycles. The average Bonchev–Trinajstić information content (AvgIpc) is 2.56. The summed E-state index contributed by atoms with van der Waals surface area (Å²) in [5, 5.41) is 6.48. The predicted molar refractivity (Wildman–Crippen MR) is 82.8 cm³/mol. The smallest absolute Gasteiger partial charge is 0.253 e. The number of rotatable bonds is 3. The molecule has 1 amide bonds. The molecule has 0 aliphatic carbocycles. The fourth-order valence-electron chi connectivity index (χ4n) is 2.98. The third-order valence-corrected chi connectivity index (χ3v) is 4.13. The second kappa shape index (κ2) is 6.91. The summed E-state index contributed by atoms with van der Waals surface area (Å²) in [6.45, 7) is 5.05. The maximum atomic E-state index is 12.6. The molecular weight excluding hydrogens is 266 g/mol. The van der Waals surface area contributed by atoms with Crippen molar-refractivity contribution < 1.29 is 9.53 Å². The molecule has 0 unspecified atom stereocenters. The van der Waals surface area contributed by atoms with E-state index in [2.05, 4.69) is 15.5 Å². The number of hydrogen-bond acceptors (Lipinski definition) is 4. The predicted octanol–water partition coefficient (Wildman–Crippen LogP) is 1.00. The van der Waals surface area contributed by atoms with Crippen molar-refractivity contribution in [2.45, 2.75) is 18.9 Å². The van der Waals surface area contributed by atoms with Gasteiger partial charge in [0.15, 0.2) is 0 Å². The lowest BCUT2D eigenvalue weighted by atomic mass is 10.1. The Balaban J connectivity index is 1.72. The first-order valence-corrected chi connectivity index (χ1v) is 7.78. The maximum absolute atomic E-state index is 12.6. The molecule has 2 N–H and O–H groups in total. The second-order valence-corrected chi connectivity index (χ2v) is 5.63. The van der Waals surface area contributed by atoms with Gasteiger partial charge in [0, 0.05) is 31.4 Å². The SMILES string of the molecule is O=C(N[C@H]1CCCNC1)c1ccccc1N1CCOCC1. The van der Waals surface area contributed by atoms with Crippen LogP contribution in [0.1, 0.15) is 23.2 Å². The molecule has 114 valence electrons. The first kappa shape index (κ1) is 14.4. The molecule has 21 heavy (non-hydrogen) atoms. The quantitative estimate of drug-likeness (QED) is 0.872.